The number of hydrogen-bond acceptors (Lipinski definition) is 3. The second kappa shape index (κ2) is 7.38. The molecule has 0 saturated carbocycles. The number of nitrogens with zero attached hydrogens (tertiary/aromatic N) is 2. The van der Waals surface area contributed by atoms with Gasteiger partial charge in [0.15, 0.2) is 0 Å². The molecule has 3 heterocycles. The van der Waals surface area contributed by atoms with E-state index in [9.17, 15) is 13.2 Å². The van der Waals surface area contributed by atoms with Crippen LogP contribution in [0.2, 0.25) is 5.02 Å². The number of hydrogen-bond donors (Lipinski definition) is 0. The molecule has 1 aromatic heterocycles. The summed E-state index contributed by atoms with van der Waals surface area (Å²) in [7, 11) is -3.57. The molecule has 7 heteroatoms. The van der Waals surface area contributed by atoms with E-state index in [1.165, 1.54) is 0 Å². The number of pyridine rings is 1. The molecule has 154 valence electrons. The van der Waals surface area contributed by atoms with Crippen molar-refractivity contribution in [1.29, 1.82) is 0 Å². The molecule has 5 nitrogen and oxygen atoms in total. The predicted molar refractivity (Wildman–Crippen MR) is 117 cm³/mol. The Balaban J connectivity index is 1.58. The van der Waals surface area contributed by atoms with Crippen molar-refractivity contribution in [3.05, 3.63) is 87.8 Å². The van der Waals surface area contributed by atoms with Gasteiger partial charge in [-0.1, -0.05) is 41.9 Å². The van der Waals surface area contributed by atoms with Gasteiger partial charge in [-0.3, -0.25) is 4.79 Å². The van der Waals surface area contributed by atoms with E-state index in [2.05, 4.69) is 0 Å². The van der Waals surface area contributed by atoms with Gasteiger partial charge < -0.3 is 4.57 Å². The molecule has 0 radical (unpaired) electrons. The molecule has 0 aliphatic carbocycles. The van der Waals surface area contributed by atoms with Crippen LogP contribution in [-0.4, -0.2) is 30.4 Å². The molecule has 1 fully saturated rings. The summed E-state index contributed by atoms with van der Waals surface area (Å²) in [4.78, 5) is 13.0. The highest BCUT2D eigenvalue weighted by molar-refractivity contribution is 7.89. The van der Waals surface area contributed by atoms with Crippen LogP contribution < -0.4 is 5.56 Å². The Hall–Kier alpha value is -2.41. The standard InChI is InChI=1S/C23H21ClN2O3S/c24-19-8-6-17(7-9-19)21-10-11-22(27)26-14-16-12-18(23(21)26)15-25(13-16)30(28,29)20-4-2-1-3-5-20/h1-11,16,18H,12-15H2/t16-,18-/m1/s1. The number of fused-ring (bicyclic) bond motifs is 4. The number of rotatable bonds is 3. The minimum atomic E-state index is -3.57. The molecule has 3 aromatic rings. The third kappa shape index (κ3) is 3.29. The summed E-state index contributed by atoms with van der Waals surface area (Å²) in [5, 5.41) is 0.651. The van der Waals surface area contributed by atoms with E-state index in [4.69, 9.17) is 11.6 Å². The van der Waals surface area contributed by atoms with Gasteiger partial charge in [0.25, 0.3) is 5.56 Å². The zero-order chi connectivity index (χ0) is 20.9. The van der Waals surface area contributed by atoms with Crippen LogP contribution in [0.4, 0.5) is 0 Å². The lowest BCUT2D eigenvalue weighted by atomic mass is 9.81. The topological polar surface area (TPSA) is 59.4 Å². The molecular weight excluding hydrogens is 420 g/mol. The Morgan fingerprint density at radius 2 is 1.60 bits per heavy atom. The first kappa shape index (κ1) is 19.5. The van der Waals surface area contributed by atoms with E-state index in [1.54, 1.807) is 34.6 Å². The van der Waals surface area contributed by atoms with Gasteiger partial charge in [-0.05, 0) is 48.2 Å². The van der Waals surface area contributed by atoms with Crippen LogP contribution in [0.25, 0.3) is 11.1 Å². The summed E-state index contributed by atoms with van der Waals surface area (Å²) in [5.41, 5.74) is 2.84. The van der Waals surface area contributed by atoms with Crippen LogP contribution in [0.3, 0.4) is 0 Å². The summed E-state index contributed by atoms with van der Waals surface area (Å²) in [6.45, 7) is 1.34. The van der Waals surface area contributed by atoms with E-state index in [0.29, 0.717) is 29.6 Å². The number of aromatic nitrogens is 1. The molecule has 0 amide bonds. The maximum absolute atomic E-state index is 13.2. The second-order valence-electron chi connectivity index (χ2n) is 8.02. The van der Waals surface area contributed by atoms with Gasteiger partial charge >= 0.3 is 0 Å². The maximum atomic E-state index is 13.2. The average Bonchev–Trinajstić information content (AvgIpc) is 2.76. The second-order valence-corrected chi connectivity index (χ2v) is 10.4. The maximum Gasteiger partial charge on any atom is 0.250 e. The largest absolute Gasteiger partial charge is 0.311 e. The first-order valence-corrected chi connectivity index (χ1v) is 11.8. The molecule has 2 aliphatic heterocycles. The Morgan fingerprint density at radius 1 is 0.867 bits per heavy atom. The van der Waals surface area contributed by atoms with Crippen molar-refractivity contribution in [1.82, 2.24) is 8.87 Å². The molecule has 2 aromatic carbocycles. The minimum absolute atomic E-state index is 0.0308. The third-order valence-corrected chi connectivity index (χ3v) is 8.19. The fourth-order valence-corrected chi connectivity index (χ4v) is 6.49. The lowest BCUT2D eigenvalue weighted by molar-refractivity contribution is 0.187. The zero-order valence-electron chi connectivity index (χ0n) is 16.2. The van der Waals surface area contributed by atoms with E-state index in [0.717, 1.165) is 23.2 Å². The first-order chi connectivity index (χ1) is 14.4. The third-order valence-electron chi connectivity index (χ3n) is 6.09. The molecule has 1 saturated heterocycles. The molecule has 0 N–H and O–H groups in total. The van der Waals surface area contributed by atoms with E-state index < -0.39 is 10.0 Å². The van der Waals surface area contributed by atoms with Gasteiger partial charge in [-0.15, -0.1) is 0 Å². The number of piperidine rings is 1. The lowest BCUT2D eigenvalue weighted by Gasteiger charge is -2.42. The fraction of sp³-hybridized carbons (Fsp3) is 0.261. The van der Waals surface area contributed by atoms with Gasteiger partial charge in [0.1, 0.15) is 0 Å². The SMILES string of the molecule is O=c1ccc(-c2ccc(Cl)cc2)c2n1C[C@@H]1C[C@@H]2CN(S(=O)(=O)c2ccccc2)C1. The Bertz CT molecular complexity index is 1250. The van der Waals surface area contributed by atoms with Crippen molar-refractivity contribution >= 4 is 21.6 Å². The van der Waals surface area contributed by atoms with Crippen LogP contribution in [0.5, 0.6) is 0 Å². The van der Waals surface area contributed by atoms with Crippen molar-refractivity contribution in [3.63, 3.8) is 0 Å². The van der Waals surface area contributed by atoms with E-state index in [-0.39, 0.29) is 17.4 Å². The molecule has 2 bridgehead atoms. The number of benzene rings is 2. The van der Waals surface area contributed by atoms with E-state index in [1.807, 2.05) is 41.0 Å². The number of sulfonamides is 1. The average molecular weight is 441 g/mol. The zero-order valence-corrected chi connectivity index (χ0v) is 17.8. The van der Waals surface area contributed by atoms with Crippen LogP contribution in [-0.2, 0) is 16.6 Å². The molecular formula is C23H21ClN2O3S. The van der Waals surface area contributed by atoms with Crippen LogP contribution in [0.15, 0.2) is 76.4 Å². The van der Waals surface area contributed by atoms with Gasteiger partial charge in [0.05, 0.1) is 4.90 Å². The quantitative estimate of drug-likeness (QED) is 0.619. The van der Waals surface area contributed by atoms with Gasteiger partial charge in [0.2, 0.25) is 10.0 Å². The smallest absolute Gasteiger partial charge is 0.250 e. The van der Waals surface area contributed by atoms with Gasteiger partial charge in [-0.25, -0.2) is 8.42 Å². The van der Waals surface area contributed by atoms with Gasteiger partial charge in [-0.2, -0.15) is 4.31 Å². The Kier molecular flexibility index (Phi) is 4.81. The summed E-state index contributed by atoms with van der Waals surface area (Å²) < 4.78 is 29.9. The van der Waals surface area contributed by atoms with Crippen molar-refractivity contribution < 1.29 is 8.42 Å². The molecule has 5 rings (SSSR count). The molecule has 2 aliphatic rings. The summed E-state index contributed by atoms with van der Waals surface area (Å²) in [6, 6.07) is 19.6. The monoisotopic (exact) mass is 440 g/mol. The van der Waals surface area contributed by atoms with E-state index >= 15 is 0 Å². The highest BCUT2D eigenvalue weighted by Crippen LogP contribution is 2.41. The number of halogens is 1. The van der Waals surface area contributed by atoms with Crippen LogP contribution in [0, 0.1) is 5.92 Å². The summed E-state index contributed by atoms with van der Waals surface area (Å²) in [6.07, 6.45) is 0.880. The normalized spacial score (nSPS) is 21.2. The Morgan fingerprint density at radius 3 is 2.33 bits per heavy atom. The Labute approximate surface area is 180 Å². The summed E-state index contributed by atoms with van der Waals surface area (Å²) in [5.74, 6) is 0.0865. The fourth-order valence-electron chi connectivity index (χ4n) is 4.78. The molecule has 0 unspecified atom stereocenters. The van der Waals surface area contributed by atoms with Crippen molar-refractivity contribution in [3.8, 4) is 11.1 Å². The summed E-state index contributed by atoms with van der Waals surface area (Å²) >= 11 is 6.05. The molecule has 30 heavy (non-hydrogen) atoms. The van der Waals surface area contributed by atoms with Crippen molar-refractivity contribution in [2.75, 3.05) is 13.1 Å². The molecule has 2 atom stereocenters. The molecule has 0 spiro atoms. The first-order valence-electron chi connectivity index (χ1n) is 9.98. The van der Waals surface area contributed by atoms with Crippen molar-refractivity contribution in [2.24, 2.45) is 5.92 Å². The highest BCUT2D eigenvalue weighted by Gasteiger charge is 2.40. The van der Waals surface area contributed by atoms with Crippen molar-refractivity contribution in [2.45, 2.75) is 23.8 Å². The van der Waals surface area contributed by atoms with Crippen LogP contribution in [0.1, 0.15) is 18.0 Å². The lowest BCUT2D eigenvalue weighted by Crippen LogP contribution is -2.49. The van der Waals surface area contributed by atoms with Crippen LogP contribution >= 0.6 is 11.6 Å². The minimum Gasteiger partial charge on any atom is -0.311 e. The highest BCUT2D eigenvalue weighted by atomic mass is 35.5. The van der Waals surface area contributed by atoms with Gasteiger partial charge in [0, 0.05) is 47.9 Å². The predicted octanol–water partition coefficient (Wildman–Crippen LogP) is 3.98.